The van der Waals surface area contributed by atoms with Crippen LogP contribution in [0.2, 0.25) is 0 Å². The zero-order valence-electron chi connectivity index (χ0n) is 20.2. The van der Waals surface area contributed by atoms with Gasteiger partial charge in [0, 0.05) is 17.7 Å². The lowest BCUT2D eigenvalue weighted by atomic mass is 9.76. The van der Waals surface area contributed by atoms with E-state index in [-0.39, 0.29) is 18.6 Å². The van der Waals surface area contributed by atoms with Crippen molar-refractivity contribution in [1.82, 2.24) is 9.97 Å². The Labute approximate surface area is 205 Å². The van der Waals surface area contributed by atoms with Crippen LogP contribution in [0.15, 0.2) is 48.7 Å². The molecule has 0 amide bonds. The van der Waals surface area contributed by atoms with Crippen molar-refractivity contribution in [2.45, 2.75) is 57.0 Å². The molecule has 7 N–H and O–H groups in total. The monoisotopic (exact) mass is 478 g/mol. The molecule has 1 aliphatic carbocycles. The van der Waals surface area contributed by atoms with Crippen molar-refractivity contribution >= 4 is 22.7 Å². The van der Waals surface area contributed by atoms with Gasteiger partial charge >= 0.3 is 0 Å². The minimum absolute atomic E-state index is 0.159. The molecule has 3 atom stereocenters. The number of hydrogen-bond donors (Lipinski definition) is 6. The summed E-state index contributed by atoms with van der Waals surface area (Å²) in [4.78, 5) is 7.01. The Hall–Kier alpha value is -2.91. The van der Waals surface area contributed by atoms with E-state index in [1.807, 2.05) is 30.4 Å². The maximum absolute atomic E-state index is 10.7. The molecule has 3 heterocycles. The lowest BCUT2D eigenvalue weighted by Gasteiger charge is -2.38. The molecule has 8 heteroatoms. The number of nitrogens with zero attached hydrogens (tertiary/aromatic N) is 1. The fourth-order valence-corrected chi connectivity index (χ4v) is 5.20. The fourth-order valence-electron chi connectivity index (χ4n) is 5.20. The first-order valence-electron chi connectivity index (χ1n) is 12.1. The summed E-state index contributed by atoms with van der Waals surface area (Å²) in [7, 11) is 0. The Balaban J connectivity index is 1.53. The number of rotatable bonds is 7. The summed E-state index contributed by atoms with van der Waals surface area (Å²) in [6, 6.07) is 6.08. The number of aliphatic hydroxyl groups is 3. The van der Waals surface area contributed by atoms with Gasteiger partial charge in [-0.15, -0.1) is 0 Å². The number of ether oxygens (including phenoxy) is 1. The maximum Gasteiger partial charge on any atom is 0.184 e. The highest BCUT2D eigenvalue weighted by molar-refractivity contribution is 5.82. The highest BCUT2D eigenvalue weighted by Crippen LogP contribution is 2.46. The van der Waals surface area contributed by atoms with E-state index in [1.165, 1.54) is 11.8 Å². The highest BCUT2D eigenvalue weighted by Gasteiger charge is 2.47. The molecule has 2 aliphatic heterocycles. The number of benzene rings is 1. The van der Waals surface area contributed by atoms with Gasteiger partial charge in [-0.3, -0.25) is 0 Å². The highest BCUT2D eigenvalue weighted by atomic mass is 16.5. The largest absolute Gasteiger partial charge is 0.393 e. The van der Waals surface area contributed by atoms with Crippen molar-refractivity contribution in [2.24, 2.45) is 5.41 Å². The molecule has 1 aromatic heterocycles. The van der Waals surface area contributed by atoms with E-state index in [9.17, 15) is 15.3 Å². The lowest BCUT2D eigenvalue weighted by Crippen LogP contribution is -2.44. The van der Waals surface area contributed by atoms with E-state index in [1.54, 1.807) is 0 Å². The summed E-state index contributed by atoms with van der Waals surface area (Å²) >= 11 is 0. The van der Waals surface area contributed by atoms with Gasteiger partial charge in [0.1, 0.15) is 17.0 Å². The number of imidazole rings is 1. The summed E-state index contributed by atoms with van der Waals surface area (Å²) < 4.78 is 6.05. The van der Waals surface area contributed by atoms with E-state index >= 15 is 0 Å². The molecular formula is C27H34N4O4. The van der Waals surface area contributed by atoms with Crippen molar-refractivity contribution < 1.29 is 20.1 Å². The first-order chi connectivity index (χ1) is 16.7. The molecule has 0 saturated carbocycles. The van der Waals surface area contributed by atoms with Crippen molar-refractivity contribution in [3.63, 3.8) is 0 Å². The first kappa shape index (κ1) is 23.8. The molecule has 186 valence electrons. The average molecular weight is 479 g/mol. The van der Waals surface area contributed by atoms with Gasteiger partial charge in [-0.25, -0.2) is 4.98 Å². The normalized spacial score (nSPS) is 27.9. The van der Waals surface area contributed by atoms with Gasteiger partial charge in [0.15, 0.2) is 12.1 Å². The summed E-state index contributed by atoms with van der Waals surface area (Å²) in [5.41, 5.74) is 9.28. The molecule has 35 heavy (non-hydrogen) atoms. The van der Waals surface area contributed by atoms with E-state index in [4.69, 9.17) is 10.5 Å². The van der Waals surface area contributed by atoms with Crippen molar-refractivity contribution in [3.8, 4) is 0 Å². The number of nitrogens with two attached hydrogens (primary N) is 1. The first-order valence-corrected chi connectivity index (χ1v) is 12.1. The molecule has 5 rings (SSSR count). The van der Waals surface area contributed by atoms with Crippen LogP contribution in [0.4, 0.5) is 11.5 Å². The third-order valence-corrected chi connectivity index (χ3v) is 7.36. The molecule has 8 nitrogen and oxygen atoms in total. The minimum atomic E-state index is -1.05. The number of nitrogen functional groups attached to an aromatic ring is 1. The van der Waals surface area contributed by atoms with Crippen LogP contribution < -0.4 is 11.1 Å². The van der Waals surface area contributed by atoms with Gasteiger partial charge in [0.2, 0.25) is 0 Å². The van der Waals surface area contributed by atoms with E-state index < -0.39 is 17.4 Å². The summed E-state index contributed by atoms with van der Waals surface area (Å²) in [6.07, 6.45) is 11.9. The lowest BCUT2D eigenvalue weighted by molar-refractivity contribution is -0.109. The summed E-state index contributed by atoms with van der Waals surface area (Å²) in [5.74, 6) is 0.736. The number of allylic oxidation sites excluding steroid dienone is 2. The molecule has 3 aliphatic rings. The quantitative estimate of drug-likeness (QED) is 0.265. The topological polar surface area (TPSA) is 137 Å². The molecule has 0 saturated heterocycles. The second kappa shape index (κ2) is 8.64. The Morgan fingerprint density at radius 1 is 1.20 bits per heavy atom. The van der Waals surface area contributed by atoms with Crippen LogP contribution in [0.3, 0.4) is 0 Å². The van der Waals surface area contributed by atoms with E-state index in [2.05, 4.69) is 41.3 Å². The van der Waals surface area contributed by atoms with Gasteiger partial charge in [-0.05, 0) is 65.7 Å². The van der Waals surface area contributed by atoms with Crippen LogP contribution in [-0.4, -0.2) is 49.7 Å². The third kappa shape index (κ3) is 4.54. The Morgan fingerprint density at radius 2 is 2.03 bits per heavy atom. The minimum Gasteiger partial charge on any atom is -0.393 e. The summed E-state index contributed by atoms with van der Waals surface area (Å²) in [5, 5.41) is 34.0. The molecular weight excluding hydrogens is 444 g/mol. The number of aromatic nitrogens is 2. The molecule has 0 radical (unpaired) electrons. The number of hydrogen-bond acceptors (Lipinski definition) is 7. The van der Waals surface area contributed by atoms with Crippen molar-refractivity contribution in [3.05, 3.63) is 65.7 Å². The van der Waals surface area contributed by atoms with Crippen molar-refractivity contribution in [2.75, 3.05) is 24.3 Å². The molecule has 0 fully saturated rings. The molecule has 2 aromatic rings. The molecule has 0 spiro atoms. The van der Waals surface area contributed by atoms with E-state index in [0.29, 0.717) is 18.1 Å². The average Bonchev–Trinajstić information content (AvgIpc) is 3.40. The number of anilines is 2. The van der Waals surface area contributed by atoms with Crippen LogP contribution >= 0.6 is 0 Å². The Morgan fingerprint density at radius 3 is 2.69 bits per heavy atom. The third-order valence-electron chi connectivity index (χ3n) is 7.36. The smallest absolute Gasteiger partial charge is 0.184 e. The zero-order chi connectivity index (χ0) is 24.8. The van der Waals surface area contributed by atoms with Gasteiger partial charge < -0.3 is 36.1 Å². The Bertz CT molecular complexity index is 1210. The van der Waals surface area contributed by atoms with Crippen LogP contribution in [0.5, 0.6) is 0 Å². The van der Waals surface area contributed by atoms with Gasteiger partial charge in [0.05, 0.1) is 19.4 Å². The van der Waals surface area contributed by atoms with Crippen LogP contribution in [0, 0.1) is 5.41 Å². The second-order valence-electron chi connectivity index (χ2n) is 10.7. The second-order valence-corrected chi connectivity index (χ2v) is 10.7. The van der Waals surface area contributed by atoms with Gasteiger partial charge in [0.25, 0.3) is 0 Å². The predicted molar refractivity (Wildman–Crippen MR) is 136 cm³/mol. The van der Waals surface area contributed by atoms with E-state index in [0.717, 1.165) is 41.6 Å². The number of nitrogens with one attached hydrogen (secondary N) is 2. The zero-order valence-corrected chi connectivity index (χ0v) is 20.2. The number of H-pyrrole nitrogens is 1. The molecule has 1 aromatic carbocycles. The molecule has 1 unspecified atom stereocenters. The van der Waals surface area contributed by atoms with Crippen LogP contribution in [0.25, 0.3) is 11.1 Å². The van der Waals surface area contributed by atoms with Gasteiger partial charge in [-0.1, -0.05) is 32.1 Å². The van der Waals surface area contributed by atoms with Crippen LogP contribution in [0.1, 0.15) is 62.7 Å². The Kier molecular flexibility index (Phi) is 5.88. The van der Waals surface area contributed by atoms with Gasteiger partial charge in [-0.2, -0.15) is 0 Å². The maximum atomic E-state index is 10.7. The number of fused-ring (bicyclic) bond motifs is 2. The molecule has 2 bridgehead atoms. The fraction of sp³-hybridized carbons (Fsp3) is 0.444. The van der Waals surface area contributed by atoms with Crippen LogP contribution in [-0.2, 0) is 4.74 Å². The van der Waals surface area contributed by atoms with Crippen molar-refractivity contribution in [1.29, 1.82) is 0 Å². The standard InChI is InChI=1S/C27H34N4O4/c1-25(2)7-5-17(6-8-25)20-11-18(3-4-21(20)30-24(34)23-29-14-22(28)31-23)19-12-26(15-32)9-10-27(13-19,16-33)35-26/h3-5,9-12,14,24,30,32-34H,6-8,13,15-16,28H2,1-2H3,(H,29,31)/t24?,26-,27+/m1/s1. The predicted octanol–water partition coefficient (Wildman–Crippen LogP) is 3.52. The summed E-state index contributed by atoms with van der Waals surface area (Å²) in [6.45, 7) is 4.20. The number of aliphatic hydroxyl groups excluding tert-OH is 3. The number of aromatic amines is 1. The SMILES string of the molecule is CC1(C)CC=C(c2cc(C3=C[C@@]4(CO)C=C[C@@](CO)(C3)O4)ccc2NC(O)c2ncc(N)[nH]2)CC1.